The predicted molar refractivity (Wildman–Crippen MR) is 103 cm³/mol. The van der Waals surface area contributed by atoms with E-state index in [0.29, 0.717) is 18.1 Å². The first kappa shape index (κ1) is 19.0. The van der Waals surface area contributed by atoms with Gasteiger partial charge in [-0.2, -0.15) is 0 Å². The molecule has 1 aliphatic rings. The molecule has 0 bridgehead atoms. The molecule has 0 spiro atoms. The average molecular weight is 413 g/mol. The second-order valence-electron chi connectivity index (χ2n) is 6.01. The zero-order valence-electron chi connectivity index (χ0n) is 13.9. The molecule has 26 heavy (non-hydrogen) atoms. The van der Waals surface area contributed by atoms with E-state index in [4.69, 9.17) is 23.2 Å². The van der Waals surface area contributed by atoms with Gasteiger partial charge in [-0.3, -0.25) is 9.10 Å². The van der Waals surface area contributed by atoms with Crippen LogP contribution >= 0.6 is 23.2 Å². The van der Waals surface area contributed by atoms with Gasteiger partial charge in [0.1, 0.15) is 6.54 Å². The number of amides is 1. The maximum atomic E-state index is 13.2. The van der Waals surface area contributed by atoms with E-state index < -0.39 is 10.0 Å². The van der Waals surface area contributed by atoms with Gasteiger partial charge in [0, 0.05) is 18.1 Å². The number of anilines is 1. The Labute approximate surface area is 163 Å². The number of likely N-dealkylation sites (tertiary alicyclic amines) is 1. The summed E-state index contributed by atoms with van der Waals surface area (Å²) in [7, 11) is -3.96. The lowest BCUT2D eigenvalue weighted by molar-refractivity contribution is -0.128. The van der Waals surface area contributed by atoms with Gasteiger partial charge in [0.25, 0.3) is 10.0 Å². The molecule has 8 heteroatoms. The summed E-state index contributed by atoms with van der Waals surface area (Å²) in [6.45, 7) is 0.984. The third-order valence-corrected chi connectivity index (χ3v) is 6.56. The van der Waals surface area contributed by atoms with Crippen LogP contribution in [0.3, 0.4) is 0 Å². The Bertz CT molecular complexity index is 898. The summed E-state index contributed by atoms with van der Waals surface area (Å²) in [5.74, 6) is -0.243. The number of sulfonamides is 1. The highest BCUT2D eigenvalue weighted by atomic mass is 35.5. The lowest BCUT2D eigenvalue weighted by Crippen LogP contribution is -2.42. The molecule has 1 heterocycles. The van der Waals surface area contributed by atoms with Gasteiger partial charge in [-0.05, 0) is 43.2 Å². The predicted octanol–water partition coefficient (Wildman–Crippen LogP) is 3.81. The van der Waals surface area contributed by atoms with E-state index in [2.05, 4.69) is 0 Å². The van der Waals surface area contributed by atoms with Crippen LogP contribution < -0.4 is 4.31 Å². The molecule has 1 amide bonds. The highest BCUT2D eigenvalue weighted by molar-refractivity contribution is 7.92. The van der Waals surface area contributed by atoms with Crippen molar-refractivity contribution in [2.24, 2.45) is 0 Å². The van der Waals surface area contributed by atoms with Crippen molar-refractivity contribution in [2.45, 2.75) is 17.7 Å². The highest BCUT2D eigenvalue weighted by Crippen LogP contribution is 2.32. The molecule has 3 rings (SSSR count). The summed E-state index contributed by atoms with van der Waals surface area (Å²) in [5.41, 5.74) is 0.229. The van der Waals surface area contributed by atoms with Gasteiger partial charge in [0.05, 0.1) is 15.6 Å². The molecule has 0 saturated carbocycles. The summed E-state index contributed by atoms with van der Waals surface area (Å²) in [4.78, 5) is 14.4. The first-order valence-electron chi connectivity index (χ1n) is 8.20. The van der Waals surface area contributed by atoms with Crippen LogP contribution in [0.15, 0.2) is 53.4 Å². The van der Waals surface area contributed by atoms with E-state index in [-0.39, 0.29) is 28.1 Å². The molecular formula is C18H18Cl2N2O3S. The number of halogens is 2. The zero-order chi connectivity index (χ0) is 18.7. The molecule has 0 N–H and O–H groups in total. The smallest absolute Gasteiger partial charge is 0.264 e. The minimum Gasteiger partial charge on any atom is -0.341 e. The molecule has 1 saturated heterocycles. The molecule has 138 valence electrons. The molecule has 0 atom stereocenters. The molecule has 0 radical (unpaired) electrons. The molecule has 1 aliphatic heterocycles. The van der Waals surface area contributed by atoms with Gasteiger partial charge in [-0.15, -0.1) is 0 Å². The Balaban J connectivity index is 2.02. The first-order chi connectivity index (χ1) is 12.4. The topological polar surface area (TPSA) is 57.7 Å². The SMILES string of the molecule is O=C(CN(c1ccc(Cl)cc1Cl)S(=O)(=O)c1ccccc1)N1CCCC1. The van der Waals surface area contributed by atoms with Gasteiger partial charge in [-0.1, -0.05) is 41.4 Å². The van der Waals surface area contributed by atoms with Crippen LogP contribution in [0.25, 0.3) is 0 Å². The van der Waals surface area contributed by atoms with E-state index in [9.17, 15) is 13.2 Å². The van der Waals surface area contributed by atoms with E-state index in [1.54, 1.807) is 29.2 Å². The molecule has 0 unspecified atom stereocenters. The van der Waals surface area contributed by atoms with E-state index >= 15 is 0 Å². The van der Waals surface area contributed by atoms with Crippen molar-refractivity contribution in [2.75, 3.05) is 23.9 Å². The summed E-state index contributed by atoms with van der Waals surface area (Å²) < 4.78 is 27.4. The maximum absolute atomic E-state index is 13.2. The number of hydrogen-bond acceptors (Lipinski definition) is 3. The number of hydrogen-bond donors (Lipinski definition) is 0. The standard InChI is InChI=1S/C18H18Cl2N2O3S/c19-14-8-9-17(16(20)12-14)22(13-18(23)21-10-4-5-11-21)26(24,25)15-6-2-1-3-7-15/h1-3,6-9,12H,4-5,10-11,13H2. The molecule has 1 fully saturated rings. The summed E-state index contributed by atoms with van der Waals surface area (Å²) >= 11 is 12.2. The van der Waals surface area contributed by atoms with Crippen LogP contribution in [0, 0.1) is 0 Å². The van der Waals surface area contributed by atoms with Crippen molar-refractivity contribution >= 4 is 44.8 Å². The molecular weight excluding hydrogens is 395 g/mol. The Kier molecular flexibility index (Phi) is 5.75. The van der Waals surface area contributed by atoms with Crippen LogP contribution in [0.1, 0.15) is 12.8 Å². The second kappa shape index (κ2) is 7.86. The number of carbonyl (C=O) groups is 1. The molecule has 2 aromatic rings. The largest absolute Gasteiger partial charge is 0.341 e. The normalized spacial score (nSPS) is 14.5. The number of rotatable bonds is 5. The monoisotopic (exact) mass is 412 g/mol. The van der Waals surface area contributed by atoms with E-state index in [1.807, 2.05) is 0 Å². The Morgan fingerprint density at radius 2 is 1.69 bits per heavy atom. The zero-order valence-corrected chi connectivity index (χ0v) is 16.3. The molecule has 0 aromatic heterocycles. The second-order valence-corrected chi connectivity index (χ2v) is 8.71. The number of nitrogens with zero attached hydrogens (tertiary/aromatic N) is 2. The van der Waals surface area contributed by atoms with Gasteiger partial charge in [-0.25, -0.2) is 8.42 Å². The molecule has 2 aromatic carbocycles. The van der Waals surface area contributed by atoms with E-state index in [0.717, 1.165) is 17.1 Å². The number of carbonyl (C=O) groups excluding carboxylic acids is 1. The first-order valence-corrected chi connectivity index (χ1v) is 10.4. The van der Waals surface area contributed by atoms with Crippen molar-refractivity contribution in [3.8, 4) is 0 Å². The quantitative estimate of drug-likeness (QED) is 0.749. The fraction of sp³-hybridized carbons (Fsp3) is 0.278. The third kappa shape index (κ3) is 3.98. The van der Waals surface area contributed by atoms with Crippen LogP contribution in [0.4, 0.5) is 5.69 Å². The summed E-state index contributed by atoms with van der Waals surface area (Å²) in [6, 6.07) is 12.5. The highest BCUT2D eigenvalue weighted by Gasteiger charge is 2.30. The van der Waals surface area contributed by atoms with Gasteiger partial charge in [0.15, 0.2) is 0 Å². The summed E-state index contributed by atoms with van der Waals surface area (Å²) in [6.07, 6.45) is 1.86. The Morgan fingerprint density at radius 3 is 2.31 bits per heavy atom. The van der Waals surface area contributed by atoms with Crippen LogP contribution in [-0.2, 0) is 14.8 Å². The molecule has 5 nitrogen and oxygen atoms in total. The molecule has 0 aliphatic carbocycles. The van der Waals surface area contributed by atoms with Crippen LogP contribution in [0.2, 0.25) is 10.0 Å². The van der Waals surface area contributed by atoms with Gasteiger partial charge >= 0.3 is 0 Å². The third-order valence-electron chi connectivity index (χ3n) is 4.25. The van der Waals surface area contributed by atoms with Crippen molar-refractivity contribution in [1.29, 1.82) is 0 Å². The van der Waals surface area contributed by atoms with Gasteiger partial charge in [0.2, 0.25) is 5.91 Å². The Hall–Kier alpha value is -1.76. The lowest BCUT2D eigenvalue weighted by Gasteiger charge is -2.27. The average Bonchev–Trinajstić information content (AvgIpc) is 3.15. The van der Waals surface area contributed by atoms with Crippen LogP contribution in [-0.4, -0.2) is 38.9 Å². The van der Waals surface area contributed by atoms with Crippen molar-refractivity contribution < 1.29 is 13.2 Å². The van der Waals surface area contributed by atoms with Crippen LogP contribution in [0.5, 0.6) is 0 Å². The summed E-state index contributed by atoms with van der Waals surface area (Å²) in [5, 5.41) is 0.563. The minimum atomic E-state index is -3.96. The fourth-order valence-electron chi connectivity index (χ4n) is 2.89. The Morgan fingerprint density at radius 1 is 1.04 bits per heavy atom. The van der Waals surface area contributed by atoms with Crippen molar-refractivity contribution in [3.63, 3.8) is 0 Å². The lowest BCUT2D eigenvalue weighted by atomic mass is 10.3. The van der Waals surface area contributed by atoms with Crippen molar-refractivity contribution in [1.82, 2.24) is 4.90 Å². The minimum absolute atomic E-state index is 0.0974. The van der Waals surface area contributed by atoms with Crippen molar-refractivity contribution in [3.05, 3.63) is 58.6 Å². The van der Waals surface area contributed by atoms with Gasteiger partial charge < -0.3 is 4.90 Å². The fourth-order valence-corrected chi connectivity index (χ4v) is 4.91. The number of benzene rings is 2. The maximum Gasteiger partial charge on any atom is 0.264 e. The van der Waals surface area contributed by atoms with E-state index in [1.165, 1.54) is 24.3 Å².